The molecule has 2 atom stereocenters. The fourth-order valence-corrected chi connectivity index (χ4v) is 2.63. The molecule has 0 aliphatic heterocycles. The number of hydrogen-bond donors (Lipinski definition) is 1. The molecule has 0 saturated carbocycles. The zero-order valence-corrected chi connectivity index (χ0v) is 12.8. The molecule has 2 aromatic rings. The summed E-state index contributed by atoms with van der Waals surface area (Å²) in [5, 5.41) is 3.31. The monoisotopic (exact) mass is 287 g/mol. The molecular formula is C18H22FNO. The van der Waals surface area contributed by atoms with Crippen LogP contribution in [0.4, 0.5) is 4.39 Å². The van der Waals surface area contributed by atoms with Crippen LogP contribution < -0.4 is 10.1 Å². The van der Waals surface area contributed by atoms with Gasteiger partial charge in [-0.2, -0.15) is 0 Å². The Balaban J connectivity index is 2.20. The fraction of sp³-hybridized carbons (Fsp3) is 0.333. The second-order valence-electron chi connectivity index (χ2n) is 5.23. The molecule has 21 heavy (non-hydrogen) atoms. The van der Waals surface area contributed by atoms with Crippen molar-refractivity contribution in [1.29, 1.82) is 0 Å². The SMILES string of the molecule is CNC(Cc1cccc(OC)c1F)C(C)c1ccccc1. The largest absolute Gasteiger partial charge is 0.494 e. The van der Waals surface area contributed by atoms with Crippen molar-refractivity contribution in [2.75, 3.05) is 14.2 Å². The van der Waals surface area contributed by atoms with Crippen LogP contribution in [0.25, 0.3) is 0 Å². The van der Waals surface area contributed by atoms with Gasteiger partial charge in [-0.05, 0) is 36.6 Å². The number of hydrogen-bond acceptors (Lipinski definition) is 2. The third kappa shape index (κ3) is 3.61. The Morgan fingerprint density at radius 1 is 1.10 bits per heavy atom. The first-order chi connectivity index (χ1) is 10.2. The van der Waals surface area contributed by atoms with Crippen LogP contribution in [-0.2, 0) is 6.42 Å². The number of benzene rings is 2. The third-order valence-corrected chi connectivity index (χ3v) is 4.00. The predicted octanol–water partition coefficient (Wildman–Crippen LogP) is 3.77. The molecule has 2 aromatic carbocycles. The van der Waals surface area contributed by atoms with Crippen molar-refractivity contribution in [1.82, 2.24) is 5.32 Å². The summed E-state index contributed by atoms with van der Waals surface area (Å²) in [4.78, 5) is 0. The van der Waals surface area contributed by atoms with Gasteiger partial charge >= 0.3 is 0 Å². The van der Waals surface area contributed by atoms with E-state index in [2.05, 4.69) is 24.4 Å². The average molecular weight is 287 g/mol. The molecule has 0 bridgehead atoms. The number of likely N-dealkylation sites (N-methyl/N-ethyl adjacent to an activating group) is 1. The molecule has 0 aliphatic rings. The van der Waals surface area contributed by atoms with Crippen molar-refractivity contribution in [3.05, 3.63) is 65.5 Å². The van der Waals surface area contributed by atoms with Crippen LogP contribution in [0.2, 0.25) is 0 Å². The Bertz CT molecular complexity index is 571. The summed E-state index contributed by atoms with van der Waals surface area (Å²) in [5.41, 5.74) is 1.93. The molecule has 0 aliphatic carbocycles. The number of halogens is 1. The summed E-state index contributed by atoms with van der Waals surface area (Å²) < 4.78 is 19.3. The summed E-state index contributed by atoms with van der Waals surface area (Å²) in [5.74, 6) is 0.331. The molecule has 3 heteroatoms. The van der Waals surface area contributed by atoms with Crippen molar-refractivity contribution < 1.29 is 9.13 Å². The van der Waals surface area contributed by atoms with Crippen LogP contribution in [0.1, 0.15) is 24.0 Å². The van der Waals surface area contributed by atoms with Gasteiger partial charge in [0.15, 0.2) is 11.6 Å². The second kappa shape index (κ2) is 7.23. The maximum Gasteiger partial charge on any atom is 0.168 e. The van der Waals surface area contributed by atoms with Crippen LogP contribution in [0, 0.1) is 5.82 Å². The number of nitrogens with one attached hydrogen (secondary N) is 1. The summed E-state index contributed by atoms with van der Waals surface area (Å²) in [6.07, 6.45) is 0.621. The van der Waals surface area contributed by atoms with Gasteiger partial charge in [0.05, 0.1) is 7.11 Å². The molecule has 0 heterocycles. The lowest BCUT2D eigenvalue weighted by atomic mass is 9.89. The van der Waals surface area contributed by atoms with Crippen molar-refractivity contribution in [2.45, 2.75) is 25.3 Å². The van der Waals surface area contributed by atoms with Crippen LogP contribution in [0.3, 0.4) is 0 Å². The summed E-state index contributed by atoms with van der Waals surface area (Å²) >= 11 is 0. The summed E-state index contributed by atoms with van der Waals surface area (Å²) in [6, 6.07) is 15.7. The van der Waals surface area contributed by atoms with E-state index in [9.17, 15) is 4.39 Å². The third-order valence-electron chi connectivity index (χ3n) is 4.00. The highest BCUT2D eigenvalue weighted by molar-refractivity contribution is 5.32. The first kappa shape index (κ1) is 15.5. The second-order valence-corrected chi connectivity index (χ2v) is 5.23. The van der Waals surface area contributed by atoms with E-state index in [1.165, 1.54) is 12.7 Å². The fourth-order valence-electron chi connectivity index (χ4n) is 2.63. The minimum absolute atomic E-state index is 0.161. The lowest BCUT2D eigenvalue weighted by Crippen LogP contribution is -2.33. The van der Waals surface area contributed by atoms with E-state index < -0.39 is 0 Å². The highest BCUT2D eigenvalue weighted by Gasteiger charge is 2.20. The maximum absolute atomic E-state index is 14.3. The summed E-state index contributed by atoms with van der Waals surface area (Å²) in [7, 11) is 3.41. The number of methoxy groups -OCH3 is 1. The molecule has 0 spiro atoms. The lowest BCUT2D eigenvalue weighted by molar-refractivity contribution is 0.381. The van der Waals surface area contributed by atoms with E-state index in [1.807, 2.05) is 37.4 Å². The van der Waals surface area contributed by atoms with E-state index in [0.717, 1.165) is 0 Å². The minimum Gasteiger partial charge on any atom is -0.494 e. The quantitative estimate of drug-likeness (QED) is 0.873. The van der Waals surface area contributed by atoms with Crippen LogP contribution in [0.5, 0.6) is 5.75 Å². The molecular weight excluding hydrogens is 265 g/mol. The molecule has 112 valence electrons. The topological polar surface area (TPSA) is 21.3 Å². The van der Waals surface area contributed by atoms with E-state index in [0.29, 0.717) is 23.7 Å². The van der Waals surface area contributed by atoms with Gasteiger partial charge in [-0.15, -0.1) is 0 Å². The smallest absolute Gasteiger partial charge is 0.168 e. The normalized spacial score (nSPS) is 13.7. The first-order valence-corrected chi connectivity index (χ1v) is 7.21. The Labute approximate surface area is 126 Å². The zero-order chi connectivity index (χ0) is 15.2. The zero-order valence-electron chi connectivity index (χ0n) is 12.8. The predicted molar refractivity (Wildman–Crippen MR) is 84.4 cm³/mol. The molecule has 0 fully saturated rings. The Hall–Kier alpha value is -1.87. The van der Waals surface area contributed by atoms with Gasteiger partial charge in [0.1, 0.15) is 0 Å². The van der Waals surface area contributed by atoms with E-state index in [1.54, 1.807) is 6.07 Å². The van der Waals surface area contributed by atoms with Gasteiger partial charge in [0, 0.05) is 6.04 Å². The first-order valence-electron chi connectivity index (χ1n) is 7.21. The van der Waals surface area contributed by atoms with Crippen LogP contribution >= 0.6 is 0 Å². The molecule has 2 unspecified atom stereocenters. The van der Waals surface area contributed by atoms with Gasteiger partial charge in [-0.25, -0.2) is 4.39 Å². The Kier molecular flexibility index (Phi) is 5.34. The van der Waals surface area contributed by atoms with Crippen molar-refractivity contribution in [3.8, 4) is 5.75 Å². The van der Waals surface area contributed by atoms with Crippen molar-refractivity contribution in [2.24, 2.45) is 0 Å². The van der Waals surface area contributed by atoms with Gasteiger partial charge in [-0.3, -0.25) is 0 Å². The highest BCUT2D eigenvalue weighted by Crippen LogP contribution is 2.25. The number of ether oxygens (including phenoxy) is 1. The van der Waals surface area contributed by atoms with E-state index >= 15 is 0 Å². The maximum atomic E-state index is 14.3. The Morgan fingerprint density at radius 3 is 2.43 bits per heavy atom. The van der Waals surface area contributed by atoms with Gasteiger partial charge in [-0.1, -0.05) is 49.4 Å². The lowest BCUT2D eigenvalue weighted by Gasteiger charge is -2.24. The molecule has 0 saturated heterocycles. The molecule has 0 aromatic heterocycles. The van der Waals surface area contributed by atoms with E-state index in [4.69, 9.17) is 4.74 Å². The standard InChI is InChI=1S/C18H22FNO/c1-13(14-8-5-4-6-9-14)16(20-2)12-15-10-7-11-17(21-3)18(15)19/h4-11,13,16,20H,12H2,1-3H3. The molecule has 2 rings (SSSR count). The van der Waals surface area contributed by atoms with Crippen molar-refractivity contribution in [3.63, 3.8) is 0 Å². The molecule has 0 amide bonds. The van der Waals surface area contributed by atoms with Gasteiger partial charge in [0.25, 0.3) is 0 Å². The van der Waals surface area contributed by atoms with E-state index in [-0.39, 0.29) is 11.9 Å². The Morgan fingerprint density at radius 2 is 1.81 bits per heavy atom. The van der Waals surface area contributed by atoms with Crippen LogP contribution in [-0.4, -0.2) is 20.2 Å². The van der Waals surface area contributed by atoms with Crippen molar-refractivity contribution >= 4 is 0 Å². The highest BCUT2D eigenvalue weighted by atomic mass is 19.1. The molecule has 0 radical (unpaired) electrons. The van der Waals surface area contributed by atoms with Gasteiger partial charge in [0.2, 0.25) is 0 Å². The summed E-state index contributed by atoms with van der Waals surface area (Å²) in [6.45, 7) is 2.16. The molecule has 1 N–H and O–H groups in total. The van der Waals surface area contributed by atoms with Gasteiger partial charge < -0.3 is 10.1 Å². The molecule has 2 nitrogen and oxygen atoms in total. The number of rotatable bonds is 6. The minimum atomic E-state index is -0.263. The van der Waals surface area contributed by atoms with Crippen LogP contribution in [0.15, 0.2) is 48.5 Å². The average Bonchev–Trinajstić information content (AvgIpc) is 2.54.